The first-order valence-corrected chi connectivity index (χ1v) is 4.80. The van der Waals surface area contributed by atoms with Crippen molar-refractivity contribution in [3.63, 3.8) is 0 Å². The molecule has 0 aliphatic carbocycles. The van der Waals surface area contributed by atoms with Gasteiger partial charge in [-0.25, -0.2) is 0 Å². The Kier molecular flexibility index (Phi) is 1.79. The third-order valence-electron chi connectivity index (χ3n) is 2.58. The minimum absolute atomic E-state index is 0.0599. The van der Waals surface area contributed by atoms with Gasteiger partial charge in [-0.1, -0.05) is 12.1 Å². The Bertz CT molecular complexity index is 520. The van der Waals surface area contributed by atoms with E-state index in [0.29, 0.717) is 6.79 Å². The van der Waals surface area contributed by atoms with Crippen molar-refractivity contribution in [3.8, 4) is 11.5 Å². The average molecular weight is 202 g/mol. The normalized spacial score (nSPS) is 13.4. The smallest absolute Gasteiger partial charge is 0.231 e. The second kappa shape index (κ2) is 3.14. The fourth-order valence-electron chi connectivity index (χ4n) is 1.79. The number of hydrogen-bond donors (Lipinski definition) is 1. The molecule has 2 aromatic carbocycles. The molecule has 3 heteroatoms. The molecule has 0 saturated heterocycles. The van der Waals surface area contributed by atoms with Crippen LogP contribution in [0.25, 0.3) is 10.8 Å². The number of fused-ring (bicyclic) bond motifs is 2. The third kappa shape index (κ3) is 1.32. The number of hydrogen-bond acceptors (Lipinski definition) is 3. The summed E-state index contributed by atoms with van der Waals surface area (Å²) < 4.78 is 10.6. The van der Waals surface area contributed by atoms with Crippen LogP contribution in [-0.4, -0.2) is 11.9 Å². The van der Waals surface area contributed by atoms with Crippen LogP contribution in [0.3, 0.4) is 0 Å². The van der Waals surface area contributed by atoms with Gasteiger partial charge in [0.25, 0.3) is 0 Å². The van der Waals surface area contributed by atoms with Crippen molar-refractivity contribution < 1.29 is 14.6 Å². The average Bonchev–Trinajstić information content (AvgIpc) is 2.72. The Labute approximate surface area is 86.9 Å². The monoisotopic (exact) mass is 202 g/mol. The van der Waals surface area contributed by atoms with Gasteiger partial charge in [0.05, 0.1) is 6.61 Å². The summed E-state index contributed by atoms with van der Waals surface area (Å²) in [5, 5.41) is 11.2. The Morgan fingerprint density at radius 2 is 1.73 bits per heavy atom. The van der Waals surface area contributed by atoms with Gasteiger partial charge in [0.15, 0.2) is 11.5 Å². The van der Waals surface area contributed by atoms with E-state index in [1.165, 1.54) is 0 Å². The van der Waals surface area contributed by atoms with E-state index in [-0.39, 0.29) is 6.61 Å². The molecule has 0 unspecified atom stereocenters. The van der Waals surface area contributed by atoms with E-state index < -0.39 is 0 Å². The molecule has 1 aliphatic rings. The molecule has 0 fully saturated rings. The van der Waals surface area contributed by atoms with Crippen molar-refractivity contribution >= 4 is 10.8 Å². The molecule has 3 rings (SSSR count). The molecule has 1 N–H and O–H groups in total. The first-order chi connectivity index (χ1) is 7.36. The first-order valence-electron chi connectivity index (χ1n) is 4.80. The molecule has 3 nitrogen and oxygen atoms in total. The lowest BCUT2D eigenvalue weighted by Gasteiger charge is -2.02. The molecular weight excluding hydrogens is 192 g/mol. The van der Waals surface area contributed by atoms with Crippen LogP contribution in [0.5, 0.6) is 11.5 Å². The summed E-state index contributed by atoms with van der Waals surface area (Å²) in [5.41, 5.74) is 0.904. The summed E-state index contributed by atoms with van der Waals surface area (Å²) in [6, 6.07) is 9.74. The van der Waals surface area contributed by atoms with Crippen molar-refractivity contribution in [3.05, 3.63) is 35.9 Å². The molecule has 76 valence electrons. The van der Waals surface area contributed by atoms with E-state index in [1.54, 1.807) is 0 Å². The molecule has 1 aliphatic heterocycles. The van der Waals surface area contributed by atoms with Crippen molar-refractivity contribution in [1.29, 1.82) is 0 Å². The quantitative estimate of drug-likeness (QED) is 0.769. The number of ether oxygens (including phenoxy) is 2. The summed E-state index contributed by atoms with van der Waals surface area (Å²) in [6.07, 6.45) is 0. The van der Waals surface area contributed by atoms with Gasteiger partial charge in [0.2, 0.25) is 6.79 Å². The van der Waals surface area contributed by atoms with Gasteiger partial charge in [-0.2, -0.15) is 0 Å². The minimum Gasteiger partial charge on any atom is -0.454 e. The summed E-state index contributed by atoms with van der Waals surface area (Å²) in [4.78, 5) is 0. The predicted molar refractivity (Wildman–Crippen MR) is 56.0 cm³/mol. The Morgan fingerprint density at radius 3 is 2.47 bits per heavy atom. The molecule has 0 aromatic heterocycles. The largest absolute Gasteiger partial charge is 0.454 e. The standard InChI is InChI=1S/C12H10O3/c13-6-8-1-2-9-4-11-12(15-7-14-11)5-10(9)3-8/h1-5,13H,6-7H2. The second-order valence-corrected chi connectivity index (χ2v) is 3.55. The predicted octanol–water partition coefficient (Wildman–Crippen LogP) is 2.06. The molecule has 0 spiro atoms. The second-order valence-electron chi connectivity index (χ2n) is 3.55. The fourth-order valence-corrected chi connectivity index (χ4v) is 1.79. The van der Waals surface area contributed by atoms with E-state index in [9.17, 15) is 0 Å². The lowest BCUT2D eigenvalue weighted by molar-refractivity contribution is 0.174. The van der Waals surface area contributed by atoms with Gasteiger partial charge in [-0.05, 0) is 34.5 Å². The molecule has 0 bridgehead atoms. The van der Waals surface area contributed by atoms with Crippen LogP contribution in [0.4, 0.5) is 0 Å². The van der Waals surface area contributed by atoms with Gasteiger partial charge in [-0.15, -0.1) is 0 Å². The van der Waals surface area contributed by atoms with E-state index in [1.807, 2.05) is 30.3 Å². The zero-order valence-electron chi connectivity index (χ0n) is 8.06. The summed E-state index contributed by atoms with van der Waals surface area (Å²) >= 11 is 0. The van der Waals surface area contributed by atoms with Gasteiger partial charge < -0.3 is 14.6 Å². The number of benzene rings is 2. The van der Waals surface area contributed by atoms with Crippen molar-refractivity contribution in [2.45, 2.75) is 6.61 Å². The van der Waals surface area contributed by atoms with Crippen molar-refractivity contribution in [2.24, 2.45) is 0 Å². The molecule has 1 heterocycles. The molecular formula is C12H10O3. The fraction of sp³-hybridized carbons (Fsp3) is 0.167. The molecule has 2 aromatic rings. The van der Waals surface area contributed by atoms with Crippen LogP contribution in [0.1, 0.15) is 5.56 Å². The maximum absolute atomic E-state index is 9.03. The van der Waals surface area contributed by atoms with Crippen LogP contribution in [0.15, 0.2) is 30.3 Å². The summed E-state index contributed by atoms with van der Waals surface area (Å²) in [6.45, 7) is 0.350. The highest BCUT2D eigenvalue weighted by molar-refractivity contribution is 5.86. The number of aliphatic hydroxyl groups excluding tert-OH is 1. The highest BCUT2D eigenvalue weighted by atomic mass is 16.7. The zero-order valence-corrected chi connectivity index (χ0v) is 8.06. The minimum atomic E-state index is 0.0599. The van der Waals surface area contributed by atoms with Crippen LogP contribution in [0, 0.1) is 0 Å². The zero-order chi connectivity index (χ0) is 10.3. The molecule has 0 radical (unpaired) electrons. The summed E-state index contributed by atoms with van der Waals surface area (Å²) in [5.74, 6) is 1.57. The highest BCUT2D eigenvalue weighted by Crippen LogP contribution is 2.36. The Morgan fingerprint density at radius 1 is 1.00 bits per heavy atom. The van der Waals surface area contributed by atoms with E-state index in [4.69, 9.17) is 14.6 Å². The summed E-state index contributed by atoms with van der Waals surface area (Å²) in [7, 11) is 0. The molecule has 0 saturated carbocycles. The van der Waals surface area contributed by atoms with E-state index in [0.717, 1.165) is 27.8 Å². The van der Waals surface area contributed by atoms with Gasteiger partial charge >= 0.3 is 0 Å². The Hall–Kier alpha value is -1.74. The van der Waals surface area contributed by atoms with Gasteiger partial charge in [0, 0.05) is 0 Å². The van der Waals surface area contributed by atoms with Crippen molar-refractivity contribution in [2.75, 3.05) is 6.79 Å². The molecule has 0 amide bonds. The SMILES string of the molecule is OCc1ccc2cc3c(cc2c1)OCO3. The molecule has 0 atom stereocenters. The lowest BCUT2D eigenvalue weighted by atomic mass is 10.1. The maximum Gasteiger partial charge on any atom is 0.231 e. The highest BCUT2D eigenvalue weighted by Gasteiger charge is 2.13. The third-order valence-corrected chi connectivity index (χ3v) is 2.58. The topological polar surface area (TPSA) is 38.7 Å². The van der Waals surface area contributed by atoms with Crippen LogP contribution >= 0.6 is 0 Å². The van der Waals surface area contributed by atoms with Gasteiger partial charge in [-0.3, -0.25) is 0 Å². The lowest BCUT2D eigenvalue weighted by Crippen LogP contribution is -1.92. The first kappa shape index (κ1) is 8.56. The van der Waals surface area contributed by atoms with E-state index >= 15 is 0 Å². The van der Waals surface area contributed by atoms with Crippen LogP contribution in [0.2, 0.25) is 0 Å². The van der Waals surface area contributed by atoms with E-state index in [2.05, 4.69) is 0 Å². The van der Waals surface area contributed by atoms with Crippen molar-refractivity contribution in [1.82, 2.24) is 0 Å². The van der Waals surface area contributed by atoms with Gasteiger partial charge in [0.1, 0.15) is 0 Å². The molecule has 15 heavy (non-hydrogen) atoms. The Balaban J connectivity index is 2.24. The number of rotatable bonds is 1. The van der Waals surface area contributed by atoms with Crippen LogP contribution in [-0.2, 0) is 6.61 Å². The van der Waals surface area contributed by atoms with Crippen LogP contribution < -0.4 is 9.47 Å². The number of aliphatic hydroxyl groups is 1. The maximum atomic E-state index is 9.03.